The topological polar surface area (TPSA) is 54.5 Å². The Morgan fingerprint density at radius 1 is 1.24 bits per heavy atom. The van der Waals surface area contributed by atoms with E-state index in [0.717, 1.165) is 13.1 Å². The van der Waals surface area contributed by atoms with E-state index in [4.69, 9.17) is 0 Å². The minimum atomic E-state index is -4.67. The molecule has 2 atom stereocenters. The molecule has 2 aliphatic rings. The minimum absolute atomic E-state index is 0.0499. The molecule has 3 rings (SSSR count). The normalized spacial score (nSPS) is 26.5. The fraction of sp³-hybridized carbons (Fsp3) is 0.533. The Hall–Kier alpha value is -1.43. The van der Waals surface area contributed by atoms with Gasteiger partial charge in [0.05, 0.1) is 11.3 Å². The maximum Gasteiger partial charge on any atom is 0.332 e. The lowest BCUT2D eigenvalue weighted by Crippen LogP contribution is -2.33. The molecule has 2 unspecified atom stereocenters. The first-order chi connectivity index (χ1) is 9.69. The Bertz CT molecular complexity index is 667. The monoisotopic (exact) mass is 311 g/mol. The first-order valence-corrected chi connectivity index (χ1v) is 8.39. The third kappa shape index (κ3) is 2.57. The van der Waals surface area contributed by atoms with Gasteiger partial charge in [-0.1, -0.05) is 26.0 Å². The number of amides is 1. The Morgan fingerprint density at radius 3 is 2.24 bits per heavy atom. The third-order valence-electron chi connectivity index (χ3n) is 5.04. The molecule has 1 aromatic carbocycles. The Labute approximate surface area is 124 Å². The van der Waals surface area contributed by atoms with Gasteiger partial charge in [-0.15, -0.1) is 3.89 Å². The van der Waals surface area contributed by atoms with Gasteiger partial charge in [-0.3, -0.25) is 4.79 Å². The van der Waals surface area contributed by atoms with Crippen LogP contribution >= 0.6 is 0 Å². The van der Waals surface area contributed by atoms with Crippen molar-refractivity contribution >= 4 is 16.1 Å². The molecule has 1 amide bonds. The van der Waals surface area contributed by atoms with Crippen molar-refractivity contribution in [2.45, 2.75) is 25.2 Å². The number of carbonyl (C=O) groups is 1. The molecule has 21 heavy (non-hydrogen) atoms. The molecule has 1 aromatic rings. The highest BCUT2D eigenvalue weighted by atomic mass is 32.3. The lowest BCUT2D eigenvalue weighted by atomic mass is 10.1. The number of benzene rings is 1. The van der Waals surface area contributed by atoms with Crippen LogP contribution in [0.25, 0.3) is 0 Å². The zero-order valence-electron chi connectivity index (χ0n) is 12.0. The molecule has 0 N–H and O–H groups in total. The van der Waals surface area contributed by atoms with Crippen LogP contribution in [0.4, 0.5) is 3.89 Å². The summed E-state index contributed by atoms with van der Waals surface area (Å²) in [5.74, 6) is 1.27. The zero-order chi connectivity index (χ0) is 15.4. The number of fused-ring (bicyclic) bond motifs is 1. The van der Waals surface area contributed by atoms with Gasteiger partial charge in [0.2, 0.25) is 5.91 Å². The number of hydrogen-bond acceptors (Lipinski definition) is 3. The first kappa shape index (κ1) is 14.5. The Kier molecular flexibility index (Phi) is 3.13. The summed E-state index contributed by atoms with van der Waals surface area (Å²) in [6.45, 7) is 6.10. The number of piperidine rings is 1. The lowest BCUT2D eigenvalue weighted by Gasteiger charge is -2.22. The summed E-state index contributed by atoms with van der Waals surface area (Å²) in [6.07, 6.45) is 0.229. The predicted molar refractivity (Wildman–Crippen MR) is 75.8 cm³/mol. The van der Waals surface area contributed by atoms with Crippen LogP contribution in [0.2, 0.25) is 0 Å². The summed E-state index contributed by atoms with van der Waals surface area (Å²) >= 11 is 0. The molecule has 1 heterocycles. The molecule has 1 aliphatic heterocycles. The largest absolute Gasteiger partial charge is 0.342 e. The highest BCUT2D eigenvalue weighted by Gasteiger charge is 2.62. The molecule has 0 radical (unpaired) electrons. The van der Waals surface area contributed by atoms with Crippen LogP contribution in [-0.2, 0) is 21.4 Å². The third-order valence-corrected chi connectivity index (χ3v) is 5.87. The first-order valence-electron chi connectivity index (χ1n) is 7.01. The van der Waals surface area contributed by atoms with E-state index < -0.39 is 10.2 Å². The summed E-state index contributed by atoms with van der Waals surface area (Å²) < 4.78 is 34.2. The second kappa shape index (κ2) is 4.53. The fourth-order valence-corrected chi connectivity index (χ4v) is 3.85. The van der Waals surface area contributed by atoms with E-state index in [1.807, 2.05) is 4.90 Å². The van der Waals surface area contributed by atoms with E-state index in [0.29, 0.717) is 22.8 Å². The Morgan fingerprint density at radius 2 is 1.76 bits per heavy atom. The molecule has 0 aromatic heterocycles. The fourth-order valence-electron chi connectivity index (χ4n) is 3.39. The molecule has 6 heteroatoms. The molecule has 114 valence electrons. The van der Waals surface area contributed by atoms with E-state index >= 15 is 0 Å². The molecular weight excluding hydrogens is 293 g/mol. The van der Waals surface area contributed by atoms with Gasteiger partial charge in [0.15, 0.2) is 0 Å². The van der Waals surface area contributed by atoms with Gasteiger partial charge in [-0.25, -0.2) is 0 Å². The summed E-state index contributed by atoms with van der Waals surface area (Å²) in [5, 5.41) is 0. The van der Waals surface area contributed by atoms with Crippen molar-refractivity contribution < 1.29 is 17.1 Å². The summed E-state index contributed by atoms with van der Waals surface area (Å²) in [5.41, 5.74) is 1.07. The van der Waals surface area contributed by atoms with E-state index in [-0.39, 0.29) is 17.2 Å². The van der Waals surface area contributed by atoms with Crippen LogP contribution in [0, 0.1) is 17.3 Å². The number of likely N-dealkylation sites (tertiary alicyclic amines) is 1. The van der Waals surface area contributed by atoms with Gasteiger partial charge in [-0.2, -0.15) is 8.42 Å². The number of halogens is 1. The van der Waals surface area contributed by atoms with Gasteiger partial charge in [0.25, 0.3) is 0 Å². The van der Waals surface area contributed by atoms with Crippen LogP contribution in [0.15, 0.2) is 29.2 Å². The van der Waals surface area contributed by atoms with Crippen LogP contribution < -0.4 is 0 Å². The lowest BCUT2D eigenvalue weighted by molar-refractivity contribution is -0.130. The van der Waals surface area contributed by atoms with Crippen molar-refractivity contribution in [2.75, 3.05) is 13.1 Å². The average Bonchev–Trinajstić information content (AvgIpc) is 2.79. The zero-order valence-corrected chi connectivity index (χ0v) is 12.9. The molecule has 1 saturated carbocycles. The molecule has 2 fully saturated rings. The molecule has 0 bridgehead atoms. The molecule has 1 aliphatic carbocycles. The van der Waals surface area contributed by atoms with Crippen molar-refractivity contribution in [2.24, 2.45) is 17.3 Å². The van der Waals surface area contributed by atoms with E-state index in [9.17, 15) is 17.1 Å². The molecule has 0 spiro atoms. The van der Waals surface area contributed by atoms with Gasteiger partial charge >= 0.3 is 10.2 Å². The smallest absolute Gasteiger partial charge is 0.332 e. The van der Waals surface area contributed by atoms with E-state index in [2.05, 4.69) is 13.8 Å². The predicted octanol–water partition coefficient (Wildman–Crippen LogP) is 2.00. The second-order valence-corrected chi connectivity index (χ2v) is 7.94. The van der Waals surface area contributed by atoms with Crippen LogP contribution in [-0.4, -0.2) is 32.3 Å². The van der Waals surface area contributed by atoms with E-state index in [1.54, 1.807) is 0 Å². The van der Waals surface area contributed by atoms with Gasteiger partial charge in [-0.05, 0) is 34.9 Å². The maximum absolute atomic E-state index is 12.8. The number of hydrogen-bond donors (Lipinski definition) is 0. The standard InChI is InChI=1S/C15H18FNO3S/c1-15(2)12-8-17(9-13(12)15)14(18)7-10-3-5-11(6-4-10)21(16,19)20/h3-6,12-13H,7-9H2,1-2H3. The minimum Gasteiger partial charge on any atom is -0.342 e. The van der Waals surface area contributed by atoms with Gasteiger partial charge < -0.3 is 4.90 Å². The van der Waals surface area contributed by atoms with Crippen LogP contribution in [0.1, 0.15) is 19.4 Å². The Balaban J connectivity index is 1.61. The second-order valence-electron chi connectivity index (χ2n) is 6.59. The van der Waals surface area contributed by atoms with Crippen molar-refractivity contribution in [3.63, 3.8) is 0 Å². The quantitative estimate of drug-likeness (QED) is 0.802. The molecule has 1 saturated heterocycles. The van der Waals surface area contributed by atoms with Crippen molar-refractivity contribution in [1.82, 2.24) is 4.90 Å². The average molecular weight is 311 g/mol. The van der Waals surface area contributed by atoms with E-state index in [1.165, 1.54) is 24.3 Å². The number of carbonyl (C=O) groups excluding carboxylic acids is 1. The molecule has 4 nitrogen and oxygen atoms in total. The van der Waals surface area contributed by atoms with Crippen molar-refractivity contribution in [1.29, 1.82) is 0 Å². The maximum atomic E-state index is 12.8. The summed E-state index contributed by atoms with van der Waals surface area (Å²) in [4.78, 5) is 13.7. The SMILES string of the molecule is CC1(C)C2CN(C(=O)Cc3ccc(S(=O)(=O)F)cc3)CC21. The van der Waals surface area contributed by atoms with Gasteiger partial charge in [0.1, 0.15) is 0 Å². The van der Waals surface area contributed by atoms with Crippen LogP contribution in [0.5, 0.6) is 0 Å². The van der Waals surface area contributed by atoms with Crippen molar-refractivity contribution in [3.8, 4) is 0 Å². The number of nitrogens with zero attached hydrogens (tertiary/aromatic N) is 1. The van der Waals surface area contributed by atoms with Gasteiger partial charge in [0, 0.05) is 13.1 Å². The summed E-state index contributed by atoms with van der Waals surface area (Å²) in [7, 11) is -4.67. The summed E-state index contributed by atoms with van der Waals surface area (Å²) in [6, 6.07) is 5.38. The highest BCUT2D eigenvalue weighted by Crippen LogP contribution is 2.61. The number of rotatable bonds is 3. The highest BCUT2D eigenvalue weighted by molar-refractivity contribution is 7.86. The molecular formula is C15H18FNO3S. The van der Waals surface area contributed by atoms with Crippen molar-refractivity contribution in [3.05, 3.63) is 29.8 Å². The van der Waals surface area contributed by atoms with Crippen LogP contribution in [0.3, 0.4) is 0 Å².